The van der Waals surface area contributed by atoms with Gasteiger partial charge in [0.25, 0.3) is 0 Å². The van der Waals surface area contributed by atoms with Crippen LogP contribution in [-0.4, -0.2) is 34.5 Å². The van der Waals surface area contributed by atoms with Gasteiger partial charge < -0.3 is 9.73 Å². The van der Waals surface area contributed by atoms with Crippen LogP contribution in [0, 0.1) is 13.8 Å². The smallest absolute Gasteiger partial charge is 0.138 e. The maximum Gasteiger partial charge on any atom is 0.138 e. The van der Waals surface area contributed by atoms with Crippen molar-refractivity contribution in [2.24, 2.45) is 0 Å². The summed E-state index contributed by atoms with van der Waals surface area (Å²) in [6.07, 6.45) is 7.27. The maximum absolute atomic E-state index is 5.74. The van der Waals surface area contributed by atoms with Gasteiger partial charge >= 0.3 is 0 Å². The van der Waals surface area contributed by atoms with Crippen LogP contribution in [0.2, 0.25) is 0 Å². The molecule has 1 atom stereocenters. The minimum absolute atomic E-state index is 0.236. The molecule has 0 saturated carbocycles. The summed E-state index contributed by atoms with van der Waals surface area (Å²) in [5.74, 6) is 1.96. The molecule has 1 fully saturated rings. The second-order valence-electron chi connectivity index (χ2n) is 6.69. The molecule has 0 amide bonds. The molecule has 0 unspecified atom stereocenters. The van der Waals surface area contributed by atoms with E-state index >= 15 is 0 Å². The van der Waals surface area contributed by atoms with Crippen LogP contribution in [0.3, 0.4) is 0 Å². The Morgan fingerprint density at radius 2 is 2.08 bits per heavy atom. The fourth-order valence-corrected chi connectivity index (χ4v) is 4.63. The van der Waals surface area contributed by atoms with E-state index in [2.05, 4.69) is 40.1 Å². The molecule has 1 aliphatic rings. The minimum atomic E-state index is 0.236. The first-order chi connectivity index (χ1) is 12.2. The number of furan rings is 1. The molecule has 1 N–H and O–H groups in total. The molecule has 6 heteroatoms. The number of nitrogens with one attached hydrogen (secondary N) is 1. The summed E-state index contributed by atoms with van der Waals surface area (Å²) in [5.41, 5.74) is 1.27. The van der Waals surface area contributed by atoms with Crippen molar-refractivity contribution in [1.82, 2.24) is 14.9 Å². The van der Waals surface area contributed by atoms with Gasteiger partial charge in [-0.2, -0.15) is 0 Å². The Bertz CT molecular complexity index is 837. The first-order valence-electron chi connectivity index (χ1n) is 8.96. The highest BCUT2D eigenvalue weighted by atomic mass is 32.1. The van der Waals surface area contributed by atoms with Crippen molar-refractivity contribution in [3.8, 4) is 0 Å². The molecule has 3 aromatic rings. The molecule has 5 nitrogen and oxygen atoms in total. The lowest BCUT2D eigenvalue weighted by atomic mass is 10.1. The average Bonchev–Trinajstić information content (AvgIpc) is 3.26. The van der Waals surface area contributed by atoms with Gasteiger partial charge in [-0.1, -0.05) is 6.42 Å². The Kier molecular flexibility index (Phi) is 4.72. The summed E-state index contributed by atoms with van der Waals surface area (Å²) >= 11 is 1.73. The van der Waals surface area contributed by atoms with Gasteiger partial charge in [0, 0.05) is 11.4 Å². The maximum atomic E-state index is 5.74. The van der Waals surface area contributed by atoms with Crippen molar-refractivity contribution in [3.63, 3.8) is 0 Å². The van der Waals surface area contributed by atoms with Crippen molar-refractivity contribution in [2.75, 3.05) is 25.0 Å². The monoisotopic (exact) mass is 356 g/mol. The fourth-order valence-electron chi connectivity index (χ4n) is 3.63. The van der Waals surface area contributed by atoms with E-state index < -0.39 is 0 Å². The molecule has 0 spiro atoms. The summed E-state index contributed by atoms with van der Waals surface area (Å²) < 4.78 is 5.74. The van der Waals surface area contributed by atoms with Crippen LogP contribution in [-0.2, 0) is 0 Å². The van der Waals surface area contributed by atoms with Crippen molar-refractivity contribution in [1.29, 1.82) is 0 Å². The lowest BCUT2D eigenvalue weighted by molar-refractivity contribution is 0.153. The molecule has 4 rings (SSSR count). The number of hydrogen-bond acceptors (Lipinski definition) is 6. The van der Waals surface area contributed by atoms with Gasteiger partial charge in [-0.15, -0.1) is 11.3 Å². The summed E-state index contributed by atoms with van der Waals surface area (Å²) in [6, 6.07) is 4.29. The van der Waals surface area contributed by atoms with E-state index in [1.54, 1.807) is 23.9 Å². The molecule has 132 valence electrons. The van der Waals surface area contributed by atoms with Gasteiger partial charge in [-0.25, -0.2) is 9.97 Å². The highest BCUT2D eigenvalue weighted by Crippen LogP contribution is 2.33. The first kappa shape index (κ1) is 16.5. The zero-order valence-electron chi connectivity index (χ0n) is 14.8. The summed E-state index contributed by atoms with van der Waals surface area (Å²) in [6.45, 7) is 7.34. The van der Waals surface area contributed by atoms with Gasteiger partial charge in [0.2, 0.25) is 0 Å². The standard InChI is InChI=1S/C19H24N4OS/c1-13-14(2)25-19-17(13)18(21-12-22-19)20-11-15(16-7-6-10-24-16)23-8-4-3-5-9-23/h6-7,10,12,15H,3-5,8-9,11H2,1-2H3,(H,20,21,22)/t15-/m0/s1. The van der Waals surface area contributed by atoms with Gasteiger partial charge in [0.15, 0.2) is 0 Å². The molecule has 0 aromatic carbocycles. The number of anilines is 1. The average molecular weight is 356 g/mol. The van der Waals surface area contributed by atoms with Crippen molar-refractivity contribution in [2.45, 2.75) is 39.2 Å². The highest BCUT2D eigenvalue weighted by Gasteiger charge is 2.25. The lowest BCUT2D eigenvalue weighted by Gasteiger charge is -2.33. The number of nitrogens with zero attached hydrogens (tertiary/aromatic N) is 3. The molecule has 0 bridgehead atoms. The Balaban J connectivity index is 1.59. The molecule has 0 aliphatic carbocycles. The number of aryl methyl sites for hydroxylation is 2. The number of likely N-dealkylation sites (tertiary alicyclic amines) is 1. The van der Waals surface area contributed by atoms with Crippen LogP contribution in [0.5, 0.6) is 0 Å². The van der Waals surface area contributed by atoms with Gasteiger partial charge in [-0.05, 0) is 57.5 Å². The number of piperidine rings is 1. The fraction of sp³-hybridized carbons (Fsp3) is 0.474. The Morgan fingerprint density at radius 1 is 1.24 bits per heavy atom. The zero-order valence-corrected chi connectivity index (χ0v) is 15.6. The minimum Gasteiger partial charge on any atom is -0.468 e. The second-order valence-corrected chi connectivity index (χ2v) is 7.90. The Morgan fingerprint density at radius 3 is 2.84 bits per heavy atom. The van der Waals surface area contributed by atoms with E-state index in [1.165, 1.54) is 29.7 Å². The highest BCUT2D eigenvalue weighted by molar-refractivity contribution is 7.18. The molecule has 25 heavy (non-hydrogen) atoms. The molecule has 1 saturated heterocycles. The normalized spacial score (nSPS) is 17.0. The summed E-state index contributed by atoms with van der Waals surface area (Å²) in [7, 11) is 0. The molecule has 1 aliphatic heterocycles. The SMILES string of the molecule is Cc1sc2ncnc(NC[C@@H](c3ccco3)N3CCCCC3)c2c1C. The van der Waals surface area contributed by atoms with Crippen LogP contribution in [0.4, 0.5) is 5.82 Å². The van der Waals surface area contributed by atoms with E-state index in [-0.39, 0.29) is 6.04 Å². The molecule has 4 heterocycles. The number of hydrogen-bond donors (Lipinski definition) is 1. The van der Waals surface area contributed by atoms with E-state index in [0.29, 0.717) is 0 Å². The third-order valence-corrected chi connectivity index (χ3v) is 6.25. The summed E-state index contributed by atoms with van der Waals surface area (Å²) in [5, 5.41) is 4.74. The van der Waals surface area contributed by atoms with Gasteiger partial charge in [0.1, 0.15) is 22.7 Å². The van der Waals surface area contributed by atoms with Crippen molar-refractivity contribution < 1.29 is 4.42 Å². The predicted molar refractivity (Wildman–Crippen MR) is 102 cm³/mol. The number of thiophene rings is 1. The third kappa shape index (κ3) is 3.28. The largest absolute Gasteiger partial charge is 0.468 e. The van der Waals surface area contributed by atoms with Crippen LogP contribution < -0.4 is 5.32 Å². The second kappa shape index (κ2) is 7.14. The van der Waals surface area contributed by atoms with E-state index in [0.717, 1.165) is 41.4 Å². The zero-order chi connectivity index (χ0) is 17.2. The van der Waals surface area contributed by atoms with Crippen molar-refractivity contribution in [3.05, 3.63) is 40.9 Å². The molecule has 0 radical (unpaired) electrons. The van der Waals surface area contributed by atoms with E-state index in [1.807, 2.05) is 6.07 Å². The molecule has 3 aromatic heterocycles. The quantitative estimate of drug-likeness (QED) is 0.727. The summed E-state index contributed by atoms with van der Waals surface area (Å²) in [4.78, 5) is 13.8. The molecular weight excluding hydrogens is 332 g/mol. The van der Waals surface area contributed by atoms with Crippen LogP contribution in [0.15, 0.2) is 29.1 Å². The van der Waals surface area contributed by atoms with Crippen LogP contribution >= 0.6 is 11.3 Å². The lowest BCUT2D eigenvalue weighted by Crippen LogP contribution is -2.37. The van der Waals surface area contributed by atoms with E-state index in [4.69, 9.17) is 4.42 Å². The molecular formula is C19H24N4OS. The predicted octanol–water partition coefficient (Wildman–Crippen LogP) is 4.54. The first-order valence-corrected chi connectivity index (χ1v) is 9.77. The number of aromatic nitrogens is 2. The van der Waals surface area contributed by atoms with Crippen molar-refractivity contribution >= 4 is 27.4 Å². The van der Waals surface area contributed by atoms with Gasteiger partial charge in [-0.3, -0.25) is 4.90 Å². The van der Waals surface area contributed by atoms with E-state index in [9.17, 15) is 0 Å². The topological polar surface area (TPSA) is 54.2 Å². The van der Waals surface area contributed by atoms with Crippen LogP contribution in [0.1, 0.15) is 41.5 Å². The number of fused-ring (bicyclic) bond motifs is 1. The third-order valence-electron chi connectivity index (χ3n) is 5.13. The number of rotatable bonds is 5. The Hall–Kier alpha value is -1.92. The van der Waals surface area contributed by atoms with Crippen LogP contribution in [0.25, 0.3) is 10.2 Å². The Labute approximate surface area is 152 Å². The van der Waals surface area contributed by atoms with Gasteiger partial charge in [0.05, 0.1) is 17.7 Å².